The van der Waals surface area contributed by atoms with Crippen molar-refractivity contribution in [1.29, 1.82) is 0 Å². The van der Waals surface area contributed by atoms with Gasteiger partial charge in [-0.15, -0.1) is 11.3 Å². The monoisotopic (exact) mass is 336 g/mol. The molecular weight excluding hydrogens is 324 g/mol. The van der Waals surface area contributed by atoms with E-state index in [1.807, 2.05) is 23.1 Å². The molecule has 0 aliphatic carbocycles. The van der Waals surface area contributed by atoms with E-state index >= 15 is 0 Å². The first-order valence-electron chi connectivity index (χ1n) is 6.04. The molecule has 3 heterocycles. The summed E-state index contributed by atoms with van der Waals surface area (Å²) in [4.78, 5) is 5.46. The van der Waals surface area contributed by atoms with E-state index < -0.39 is 0 Å². The Bertz CT molecular complexity index is 691. The third-order valence-corrected chi connectivity index (χ3v) is 4.92. The van der Waals surface area contributed by atoms with Crippen molar-refractivity contribution in [2.24, 2.45) is 0 Å². The van der Waals surface area contributed by atoms with Gasteiger partial charge in [0.2, 0.25) is 0 Å². The van der Waals surface area contributed by atoms with Gasteiger partial charge < -0.3 is 5.32 Å². The zero-order valence-corrected chi connectivity index (χ0v) is 12.8. The van der Waals surface area contributed by atoms with Crippen LogP contribution >= 0.6 is 27.3 Å². The molecule has 1 atom stereocenters. The van der Waals surface area contributed by atoms with Crippen LogP contribution in [0.5, 0.6) is 0 Å². The molecule has 0 saturated heterocycles. The fourth-order valence-electron chi connectivity index (χ4n) is 2.13. The van der Waals surface area contributed by atoms with Crippen molar-refractivity contribution in [2.45, 2.75) is 13.0 Å². The lowest BCUT2D eigenvalue weighted by Gasteiger charge is -2.16. The van der Waals surface area contributed by atoms with Gasteiger partial charge in [0.25, 0.3) is 0 Å². The molecule has 1 unspecified atom stereocenters. The number of hydrogen-bond acceptors (Lipinski definition) is 4. The highest BCUT2D eigenvalue weighted by Gasteiger charge is 2.20. The van der Waals surface area contributed by atoms with Crippen LogP contribution in [0.4, 0.5) is 0 Å². The number of rotatable bonds is 4. The summed E-state index contributed by atoms with van der Waals surface area (Å²) in [6.45, 7) is 3.01. The summed E-state index contributed by atoms with van der Waals surface area (Å²) in [5.41, 5.74) is 2.19. The Morgan fingerprint density at radius 1 is 1.47 bits per heavy atom. The number of aromatic nitrogens is 3. The van der Waals surface area contributed by atoms with Gasteiger partial charge in [0.1, 0.15) is 0 Å². The van der Waals surface area contributed by atoms with Crippen LogP contribution in [-0.4, -0.2) is 21.1 Å². The fraction of sp³-hybridized carbons (Fsp3) is 0.231. The first-order chi connectivity index (χ1) is 9.31. The van der Waals surface area contributed by atoms with Crippen LogP contribution in [-0.2, 0) is 0 Å². The minimum absolute atomic E-state index is 0.140. The van der Waals surface area contributed by atoms with Crippen LogP contribution < -0.4 is 5.32 Å². The summed E-state index contributed by atoms with van der Waals surface area (Å²) in [5.74, 6) is 0. The van der Waals surface area contributed by atoms with Crippen molar-refractivity contribution in [3.63, 3.8) is 0 Å². The molecule has 0 radical (unpaired) electrons. The zero-order chi connectivity index (χ0) is 13.2. The van der Waals surface area contributed by atoms with Gasteiger partial charge in [0, 0.05) is 27.3 Å². The van der Waals surface area contributed by atoms with E-state index in [0.29, 0.717) is 0 Å². The maximum Gasteiger partial charge on any atom is 0.0896 e. The van der Waals surface area contributed by atoms with Gasteiger partial charge in [-0.25, -0.2) is 4.52 Å². The van der Waals surface area contributed by atoms with Crippen LogP contribution in [0.3, 0.4) is 0 Å². The van der Waals surface area contributed by atoms with Crippen molar-refractivity contribution in [2.75, 3.05) is 6.54 Å². The van der Waals surface area contributed by atoms with Gasteiger partial charge in [-0.3, -0.25) is 4.98 Å². The summed E-state index contributed by atoms with van der Waals surface area (Å²) >= 11 is 5.35. The molecule has 4 nitrogen and oxygen atoms in total. The molecule has 6 heteroatoms. The summed E-state index contributed by atoms with van der Waals surface area (Å²) in [6.07, 6.45) is 7.38. The Hall–Kier alpha value is -1.24. The molecular formula is C13H13BrN4S. The van der Waals surface area contributed by atoms with Gasteiger partial charge in [0.15, 0.2) is 0 Å². The number of nitrogens with one attached hydrogen (secondary N) is 1. The Kier molecular flexibility index (Phi) is 3.63. The maximum absolute atomic E-state index is 4.39. The first kappa shape index (κ1) is 12.8. The van der Waals surface area contributed by atoms with E-state index in [1.165, 1.54) is 4.88 Å². The lowest BCUT2D eigenvalue weighted by molar-refractivity contribution is 0.641. The SMILES string of the molecule is CCNC(c1sccc1Br)c1cnn2ccncc12. The quantitative estimate of drug-likeness (QED) is 0.795. The predicted octanol–water partition coefficient (Wildman–Crippen LogP) is 3.25. The first-order valence-corrected chi connectivity index (χ1v) is 7.72. The smallest absolute Gasteiger partial charge is 0.0896 e. The van der Waals surface area contributed by atoms with Gasteiger partial charge in [0.05, 0.1) is 24.0 Å². The number of thiophene rings is 1. The third kappa shape index (κ3) is 2.31. The van der Waals surface area contributed by atoms with Crippen molar-refractivity contribution in [1.82, 2.24) is 19.9 Å². The van der Waals surface area contributed by atoms with Gasteiger partial charge in [-0.2, -0.15) is 5.10 Å². The Morgan fingerprint density at radius 2 is 2.37 bits per heavy atom. The summed E-state index contributed by atoms with van der Waals surface area (Å²) in [5, 5.41) is 10.00. The van der Waals surface area contributed by atoms with Crippen LogP contribution in [0.2, 0.25) is 0 Å². The molecule has 98 valence electrons. The Morgan fingerprint density at radius 3 is 3.11 bits per heavy atom. The van der Waals surface area contributed by atoms with Crippen LogP contribution in [0.15, 0.2) is 40.7 Å². The largest absolute Gasteiger partial charge is 0.306 e. The molecule has 0 amide bonds. The lowest BCUT2D eigenvalue weighted by Crippen LogP contribution is -2.21. The molecule has 3 rings (SSSR count). The van der Waals surface area contributed by atoms with E-state index in [9.17, 15) is 0 Å². The molecule has 0 fully saturated rings. The zero-order valence-electron chi connectivity index (χ0n) is 10.4. The highest BCUT2D eigenvalue weighted by atomic mass is 79.9. The average molecular weight is 337 g/mol. The maximum atomic E-state index is 4.39. The summed E-state index contributed by atoms with van der Waals surface area (Å²) < 4.78 is 2.99. The lowest BCUT2D eigenvalue weighted by atomic mass is 10.1. The predicted molar refractivity (Wildman–Crippen MR) is 80.5 cm³/mol. The fourth-order valence-corrected chi connectivity index (χ4v) is 3.83. The second kappa shape index (κ2) is 5.40. The second-order valence-electron chi connectivity index (χ2n) is 4.13. The molecule has 1 N–H and O–H groups in total. The molecule has 0 bridgehead atoms. The minimum atomic E-state index is 0.140. The topological polar surface area (TPSA) is 42.2 Å². The number of nitrogens with zero attached hydrogens (tertiary/aromatic N) is 3. The molecule has 0 aromatic carbocycles. The van der Waals surface area contributed by atoms with Crippen LogP contribution in [0.25, 0.3) is 5.52 Å². The minimum Gasteiger partial charge on any atom is -0.306 e. The Labute approximate surface area is 123 Å². The number of fused-ring (bicyclic) bond motifs is 1. The molecule has 0 saturated carbocycles. The van der Waals surface area contributed by atoms with Crippen LogP contribution in [0.1, 0.15) is 23.4 Å². The van der Waals surface area contributed by atoms with Gasteiger partial charge >= 0.3 is 0 Å². The molecule has 0 spiro atoms. The molecule has 3 aromatic rings. The van der Waals surface area contributed by atoms with Crippen molar-refractivity contribution >= 4 is 32.8 Å². The Balaban J connectivity index is 2.12. The van der Waals surface area contributed by atoms with E-state index in [0.717, 1.165) is 22.1 Å². The van der Waals surface area contributed by atoms with E-state index in [2.05, 4.69) is 49.7 Å². The normalized spacial score (nSPS) is 12.9. The van der Waals surface area contributed by atoms with E-state index in [1.54, 1.807) is 17.5 Å². The molecule has 19 heavy (non-hydrogen) atoms. The molecule has 3 aromatic heterocycles. The van der Waals surface area contributed by atoms with Gasteiger partial charge in [-0.05, 0) is 33.9 Å². The molecule has 0 aliphatic heterocycles. The van der Waals surface area contributed by atoms with Crippen molar-refractivity contribution < 1.29 is 0 Å². The van der Waals surface area contributed by atoms with Crippen molar-refractivity contribution in [3.8, 4) is 0 Å². The van der Waals surface area contributed by atoms with Crippen LogP contribution in [0, 0.1) is 0 Å². The second-order valence-corrected chi connectivity index (χ2v) is 5.93. The van der Waals surface area contributed by atoms with Crippen molar-refractivity contribution in [3.05, 3.63) is 51.1 Å². The van der Waals surface area contributed by atoms with E-state index in [-0.39, 0.29) is 6.04 Å². The number of hydrogen-bond donors (Lipinski definition) is 1. The highest BCUT2D eigenvalue weighted by Crippen LogP contribution is 2.34. The summed E-state index contributed by atoms with van der Waals surface area (Å²) in [6, 6.07) is 2.22. The third-order valence-electron chi connectivity index (χ3n) is 2.98. The average Bonchev–Trinajstić information content (AvgIpc) is 3.03. The van der Waals surface area contributed by atoms with E-state index in [4.69, 9.17) is 0 Å². The molecule has 0 aliphatic rings. The standard InChI is InChI=1S/C13H13BrN4S/c1-2-16-12(13-10(14)3-6-19-13)9-7-17-18-5-4-15-8-11(9)18/h3-8,12,16H,2H2,1H3. The van der Waals surface area contributed by atoms with Gasteiger partial charge in [-0.1, -0.05) is 6.92 Å². The summed E-state index contributed by atoms with van der Waals surface area (Å²) in [7, 11) is 0. The highest BCUT2D eigenvalue weighted by molar-refractivity contribution is 9.10. The number of halogens is 1.